The van der Waals surface area contributed by atoms with Crippen LogP contribution in [0.5, 0.6) is 0 Å². The molecule has 0 radical (unpaired) electrons. The monoisotopic (exact) mass is 554 g/mol. The maximum Gasteiger partial charge on any atom is 0.242 e. The van der Waals surface area contributed by atoms with Crippen LogP contribution in [0.3, 0.4) is 0 Å². The molecular weight excluding hydrogens is 523 g/mol. The summed E-state index contributed by atoms with van der Waals surface area (Å²) in [5.74, 6) is -1.48. The van der Waals surface area contributed by atoms with E-state index in [0.717, 1.165) is 24.3 Å². The minimum Gasteiger partial charge on any atom is -0.378 e. The molecule has 39 heavy (non-hydrogen) atoms. The van der Waals surface area contributed by atoms with Crippen LogP contribution in [0.4, 0.5) is 21.5 Å². The molecule has 1 aliphatic rings. The lowest BCUT2D eigenvalue weighted by molar-refractivity contribution is -0.118. The van der Waals surface area contributed by atoms with Crippen molar-refractivity contribution < 1.29 is 27.1 Å². The minimum atomic E-state index is -4.05. The third-order valence-corrected chi connectivity index (χ3v) is 7.73. The van der Waals surface area contributed by atoms with E-state index in [1.165, 1.54) is 36.4 Å². The molecule has 1 saturated heterocycles. The maximum atomic E-state index is 13.2. The summed E-state index contributed by atoms with van der Waals surface area (Å²) in [6, 6.07) is 17.5. The summed E-state index contributed by atoms with van der Waals surface area (Å²) in [5, 5.41) is 5.38. The van der Waals surface area contributed by atoms with E-state index in [-0.39, 0.29) is 17.7 Å². The Bertz CT molecular complexity index is 1370. The number of amides is 2. The Morgan fingerprint density at radius 2 is 1.49 bits per heavy atom. The Hall–Kier alpha value is -3.80. The van der Waals surface area contributed by atoms with Crippen molar-refractivity contribution in [3.63, 3.8) is 0 Å². The van der Waals surface area contributed by atoms with Gasteiger partial charge in [0, 0.05) is 36.6 Å². The number of benzene rings is 3. The molecule has 4 rings (SSSR count). The first-order chi connectivity index (χ1) is 18.7. The van der Waals surface area contributed by atoms with E-state index in [9.17, 15) is 22.4 Å². The normalized spacial score (nSPS) is 14.5. The number of carbonyl (C=O) groups is 2. The van der Waals surface area contributed by atoms with Gasteiger partial charge in [0.2, 0.25) is 21.8 Å². The van der Waals surface area contributed by atoms with E-state index in [1.807, 2.05) is 19.1 Å². The molecule has 0 aromatic heterocycles. The van der Waals surface area contributed by atoms with Crippen LogP contribution >= 0.6 is 0 Å². The average Bonchev–Trinajstić information content (AvgIpc) is 2.93. The summed E-state index contributed by atoms with van der Waals surface area (Å²) < 4.78 is 47.1. The molecule has 9 nitrogen and oxygen atoms in total. The van der Waals surface area contributed by atoms with E-state index in [1.54, 1.807) is 24.3 Å². The molecule has 0 unspecified atom stereocenters. The number of carbonyl (C=O) groups excluding carboxylic acids is 2. The van der Waals surface area contributed by atoms with Gasteiger partial charge in [-0.05, 0) is 74.0 Å². The zero-order valence-corrected chi connectivity index (χ0v) is 22.3. The van der Waals surface area contributed by atoms with Crippen LogP contribution in [0.1, 0.15) is 18.4 Å². The Morgan fingerprint density at radius 3 is 2.13 bits per heavy atom. The van der Waals surface area contributed by atoms with Gasteiger partial charge in [0.05, 0.1) is 18.1 Å². The molecule has 0 aliphatic carbocycles. The van der Waals surface area contributed by atoms with Crippen LogP contribution in [0.2, 0.25) is 0 Å². The van der Waals surface area contributed by atoms with Crippen molar-refractivity contribution in [3.05, 3.63) is 84.2 Å². The fourth-order valence-corrected chi connectivity index (χ4v) is 5.28. The molecule has 1 aliphatic heterocycles. The van der Waals surface area contributed by atoms with Crippen LogP contribution in [0.25, 0.3) is 0 Å². The van der Waals surface area contributed by atoms with Crippen molar-refractivity contribution in [2.24, 2.45) is 0 Å². The smallest absolute Gasteiger partial charge is 0.242 e. The van der Waals surface area contributed by atoms with Gasteiger partial charge < -0.3 is 20.3 Å². The number of rotatable bonds is 10. The lowest BCUT2D eigenvalue weighted by atomic mass is 10.1. The molecule has 3 N–H and O–H groups in total. The first-order valence-electron chi connectivity index (χ1n) is 12.6. The summed E-state index contributed by atoms with van der Waals surface area (Å²) in [6.07, 6.45) is -0.252. The quantitative estimate of drug-likeness (QED) is 0.352. The number of nitrogens with one attached hydrogen (secondary N) is 3. The van der Waals surface area contributed by atoms with Crippen LogP contribution < -0.4 is 20.3 Å². The fraction of sp³-hybridized carbons (Fsp3) is 0.286. The number of sulfonamides is 1. The van der Waals surface area contributed by atoms with E-state index in [0.29, 0.717) is 24.6 Å². The van der Waals surface area contributed by atoms with Gasteiger partial charge in [-0.2, -0.15) is 4.72 Å². The number of hydrogen-bond donors (Lipinski definition) is 3. The SMILES string of the molecule is Cc1ccc(S(=O)(=O)N[C@@H](CCC(=O)Nc2ccc(F)cc2)C(=O)Nc2ccc(N3CCOCC3)cc2)cc1. The van der Waals surface area contributed by atoms with Gasteiger partial charge in [0.25, 0.3) is 0 Å². The number of aryl methyl sites for hydroxylation is 1. The molecule has 2 amide bonds. The largest absolute Gasteiger partial charge is 0.378 e. The zero-order chi connectivity index (χ0) is 27.8. The Morgan fingerprint density at radius 1 is 0.897 bits per heavy atom. The average molecular weight is 555 g/mol. The van der Waals surface area contributed by atoms with Crippen LogP contribution in [0, 0.1) is 12.7 Å². The minimum absolute atomic E-state index is 0.0107. The summed E-state index contributed by atoms with van der Waals surface area (Å²) >= 11 is 0. The van der Waals surface area contributed by atoms with Crippen molar-refractivity contribution in [2.75, 3.05) is 41.8 Å². The molecular formula is C28H31FN4O5S. The second-order valence-corrected chi connectivity index (χ2v) is 10.9. The van der Waals surface area contributed by atoms with Crippen LogP contribution in [-0.4, -0.2) is 52.6 Å². The highest BCUT2D eigenvalue weighted by molar-refractivity contribution is 7.89. The second kappa shape index (κ2) is 12.8. The number of anilines is 3. The lowest BCUT2D eigenvalue weighted by Gasteiger charge is -2.29. The van der Waals surface area contributed by atoms with Crippen molar-refractivity contribution in [1.82, 2.24) is 4.72 Å². The van der Waals surface area contributed by atoms with Gasteiger partial charge in [-0.3, -0.25) is 9.59 Å². The molecule has 206 valence electrons. The summed E-state index contributed by atoms with van der Waals surface area (Å²) in [7, 11) is -4.05. The van der Waals surface area contributed by atoms with Gasteiger partial charge in [-0.15, -0.1) is 0 Å². The number of nitrogens with zero attached hydrogens (tertiary/aromatic N) is 1. The molecule has 0 spiro atoms. The van der Waals surface area contributed by atoms with Gasteiger partial charge in [-0.1, -0.05) is 17.7 Å². The Kier molecular flexibility index (Phi) is 9.28. The third kappa shape index (κ3) is 8.09. The van der Waals surface area contributed by atoms with Crippen LogP contribution in [0.15, 0.2) is 77.7 Å². The molecule has 1 heterocycles. The van der Waals surface area contributed by atoms with E-state index < -0.39 is 33.7 Å². The Labute approximate surface area is 227 Å². The first-order valence-corrected chi connectivity index (χ1v) is 14.1. The molecule has 3 aromatic carbocycles. The third-order valence-electron chi connectivity index (χ3n) is 6.24. The molecule has 0 bridgehead atoms. The van der Waals surface area contributed by atoms with Gasteiger partial charge in [0.15, 0.2) is 0 Å². The molecule has 1 fully saturated rings. The van der Waals surface area contributed by atoms with Crippen molar-refractivity contribution in [2.45, 2.75) is 30.7 Å². The zero-order valence-electron chi connectivity index (χ0n) is 21.5. The predicted octanol–water partition coefficient (Wildman–Crippen LogP) is 3.68. The van der Waals surface area contributed by atoms with Crippen molar-refractivity contribution in [1.29, 1.82) is 0 Å². The van der Waals surface area contributed by atoms with Crippen LogP contribution in [-0.2, 0) is 24.3 Å². The summed E-state index contributed by atoms with van der Waals surface area (Å²) in [6.45, 7) is 4.68. The maximum absolute atomic E-state index is 13.2. The fourth-order valence-electron chi connectivity index (χ4n) is 4.05. The van der Waals surface area contributed by atoms with E-state index in [2.05, 4.69) is 20.3 Å². The topological polar surface area (TPSA) is 117 Å². The van der Waals surface area contributed by atoms with E-state index >= 15 is 0 Å². The molecule has 3 aromatic rings. The van der Waals surface area contributed by atoms with Gasteiger partial charge in [-0.25, -0.2) is 12.8 Å². The number of halogens is 1. The first kappa shape index (κ1) is 28.2. The molecule has 1 atom stereocenters. The predicted molar refractivity (Wildman–Crippen MR) is 148 cm³/mol. The van der Waals surface area contributed by atoms with Crippen molar-refractivity contribution in [3.8, 4) is 0 Å². The van der Waals surface area contributed by atoms with Crippen molar-refractivity contribution >= 4 is 38.9 Å². The number of morpholine rings is 1. The highest BCUT2D eigenvalue weighted by Crippen LogP contribution is 2.20. The molecule has 11 heteroatoms. The summed E-state index contributed by atoms with van der Waals surface area (Å²) in [5.41, 5.74) is 2.77. The lowest BCUT2D eigenvalue weighted by Crippen LogP contribution is -2.44. The van der Waals surface area contributed by atoms with E-state index in [4.69, 9.17) is 4.74 Å². The van der Waals surface area contributed by atoms with Gasteiger partial charge in [0.1, 0.15) is 11.9 Å². The highest BCUT2D eigenvalue weighted by Gasteiger charge is 2.27. The highest BCUT2D eigenvalue weighted by atomic mass is 32.2. The van der Waals surface area contributed by atoms with Gasteiger partial charge >= 0.3 is 0 Å². The number of ether oxygens (including phenoxy) is 1. The summed E-state index contributed by atoms with van der Waals surface area (Å²) in [4.78, 5) is 27.9. The number of hydrogen-bond acceptors (Lipinski definition) is 6. The Balaban J connectivity index is 1.45. The molecule has 0 saturated carbocycles. The second-order valence-electron chi connectivity index (χ2n) is 9.22. The standard InChI is InChI=1S/C28H31FN4O5S/c1-20-2-12-25(13-3-20)39(36,37)32-26(14-15-27(34)30-22-6-4-21(29)5-7-22)28(35)31-23-8-10-24(11-9-23)33-16-18-38-19-17-33/h2-13,26,32H,14-19H2,1H3,(H,30,34)(H,31,35)/t26-/m0/s1.